The van der Waals surface area contributed by atoms with Crippen molar-refractivity contribution in [3.8, 4) is 0 Å². The van der Waals surface area contributed by atoms with Crippen LogP contribution in [0.2, 0.25) is 0 Å². The van der Waals surface area contributed by atoms with Gasteiger partial charge in [-0.05, 0) is 41.6 Å². The Balaban J connectivity index is 1.58. The van der Waals surface area contributed by atoms with E-state index in [0.717, 1.165) is 17.7 Å². The third-order valence-electron chi connectivity index (χ3n) is 4.26. The van der Waals surface area contributed by atoms with E-state index in [1.807, 2.05) is 35.7 Å². The van der Waals surface area contributed by atoms with Crippen LogP contribution in [0.4, 0.5) is 11.4 Å². The average molecular weight is 365 g/mol. The molecule has 1 aliphatic heterocycles. The number of H-pyrrole nitrogens is 1. The van der Waals surface area contributed by atoms with Crippen LogP contribution in [-0.2, 0) is 6.42 Å². The van der Waals surface area contributed by atoms with E-state index in [1.165, 1.54) is 29.7 Å². The van der Waals surface area contributed by atoms with E-state index in [9.17, 15) is 14.4 Å². The molecule has 0 fully saturated rings. The van der Waals surface area contributed by atoms with Crippen molar-refractivity contribution in [1.29, 1.82) is 0 Å². The van der Waals surface area contributed by atoms with Crippen molar-refractivity contribution in [2.24, 2.45) is 0 Å². The van der Waals surface area contributed by atoms with Crippen LogP contribution < -0.4 is 15.8 Å². The summed E-state index contributed by atoms with van der Waals surface area (Å²) in [6.07, 6.45) is 2.16. The fraction of sp³-hybridized carbons (Fsp3) is 0.105. The smallest absolute Gasteiger partial charge is 0.268 e. The number of nitrogens with one attached hydrogen (secondary N) is 2. The lowest BCUT2D eigenvalue weighted by atomic mass is 10.1. The van der Waals surface area contributed by atoms with Crippen LogP contribution in [0.25, 0.3) is 0 Å². The summed E-state index contributed by atoms with van der Waals surface area (Å²) in [7, 11) is 0. The van der Waals surface area contributed by atoms with E-state index in [-0.39, 0.29) is 17.4 Å². The second-order valence-electron chi connectivity index (χ2n) is 5.92. The highest BCUT2D eigenvalue weighted by atomic mass is 32.1. The first kappa shape index (κ1) is 16.3. The maximum atomic E-state index is 12.7. The standard InChI is InChI=1S/C19H15N3O3S/c23-17-6-4-13(11-20-17)18(24)21-14-5-3-12-7-8-22(15(12)10-14)19(25)16-2-1-9-26-16/h1-6,9-11H,7-8H2,(H,20,23)(H,21,24). The fourth-order valence-electron chi connectivity index (χ4n) is 2.96. The molecule has 0 spiro atoms. The molecule has 0 unspecified atom stereocenters. The number of hydrogen-bond donors (Lipinski definition) is 2. The number of thiophene rings is 1. The first-order valence-electron chi connectivity index (χ1n) is 8.10. The second kappa shape index (κ2) is 6.61. The summed E-state index contributed by atoms with van der Waals surface area (Å²) in [4.78, 5) is 41.0. The molecule has 0 radical (unpaired) electrons. The highest BCUT2D eigenvalue weighted by Gasteiger charge is 2.26. The van der Waals surface area contributed by atoms with E-state index in [2.05, 4.69) is 10.3 Å². The van der Waals surface area contributed by atoms with Crippen molar-refractivity contribution >= 4 is 34.5 Å². The van der Waals surface area contributed by atoms with E-state index in [0.29, 0.717) is 22.7 Å². The van der Waals surface area contributed by atoms with Crippen molar-refractivity contribution in [1.82, 2.24) is 4.98 Å². The molecule has 7 heteroatoms. The predicted octanol–water partition coefficient (Wildman–Crippen LogP) is 2.89. The summed E-state index contributed by atoms with van der Waals surface area (Å²) in [6.45, 7) is 0.628. The predicted molar refractivity (Wildman–Crippen MR) is 101 cm³/mol. The number of anilines is 2. The Kier molecular flexibility index (Phi) is 4.14. The van der Waals surface area contributed by atoms with Gasteiger partial charge in [0.15, 0.2) is 0 Å². The van der Waals surface area contributed by atoms with Gasteiger partial charge in [-0.2, -0.15) is 0 Å². The van der Waals surface area contributed by atoms with Gasteiger partial charge in [0, 0.05) is 30.2 Å². The molecule has 0 bridgehead atoms. The van der Waals surface area contributed by atoms with Gasteiger partial charge in [-0.15, -0.1) is 11.3 Å². The molecule has 0 atom stereocenters. The van der Waals surface area contributed by atoms with Gasteiger partial charge in [-0.25, -0.2) is 0 Å². The monoisotopic (exact) mass is 365 g/mol. The summed E-state index contributed by atoms with van der Waals surface area (Å²) in [5.74, 6) is -0.349. The van der Waals surface area contributed by atoms with Crippen molar-refractivity contribution in [3.63, 3.8) is 0 Å². The highest BCUT2D eigenvalue weighted by Crippen LogP contribution is 2.32. The quantitative estimate of drug-likeness (QED) is 0.749. The average Bonchev–Trinajstić information content (AvgIpc) is 3.31. The second-order valence-corrected chi connectivity index (χ2v) is 6.87. The van der Waals surface area contributed by atoms with Gasteiger partial charge in [-0.3, -0.25) is 14.4 Å². The van der Waals surface area contributed by atoms with Crippen molar-refractivity contribution in [3.05, 3.63) is 80.4 Å². The molecule has 1 aliphatic rings. The first-order chi connectivity index (χ1) is 12.6. The molecule has 3 aromatic rings. The minimum Gasteiger partial charge on any atom is -0.328 e. The zero-order valence-electron chi connectivity index (χ0n) is 13.7. The van der Waals surface area contributed by atoms with Crippen LogP contribution in [0, 0.1) is 0 Å². The third kappa shape index (κ3) is 3.04. The van der Waals surface area contributed by atoms with Gasteiger partial charge in [0.25, 0.3) is 11.8 Å². The lowest BCUT2D eigenvalue weighted by Gasteiger charge is -2.17. The highest BCUT2D eigenvalue weighted by molar-refractivity contribution is 7.12. The van der Waals surface area contributed by atoms with E-state index in [1.54, 1.807) is 4.90 Å². The Labute approximate surface area is 153 Å². The molecule has 4 rings (SSSR count). The summed E-state index contributed by atoms with van der Waals surface area (Å²) < 4.78 is 0. The lowest BCUT2D eigenvalue weighted by molar-refractivity contribution is 0.0991. The SMILES string of the molecule is O=C(Nc1ccc2c(c1)N(C(=O)c1cccs1)CC2)c1ccc(=O)[nH]c1. The molecule has 2 N–H and O–H groups in total. The van der Waals surface area contributed by atoms with Gasteiger partial charge in [0.2, 0.25) is 5.56 Å². The molecule has 1 aromatic carbocycles. The van der Waals surface area contributed by atoms with Gasteiger partial charge in [0.1, 0.15) is 0 Å². The molecule has 130 valence electrons. The van der Waals surface area contributed by atoms with Crippen molar-refractivity contribution in [2.75, 3.05) is 16.8 Å². The van der Waals surface area contributed by atoms with Crippen LogP contribution >= 0.6 is 11.3 Å². The first-order valence-corrected chi connectivity index (χ1v) is 8.98. The Morgan fingerprint density at radius 3 is 2.77 bits per heavy atom. The van der Waals surface area contributed by atoms with Crippen LogP contribution in [-0.4, -0.2) is 23.3 Å². The van der Waals surface area contributed by atoms with E-state index in [4.69, 9.17) is 0 Å². The summed E-state index contributed by atoms with van der Waals surface area (Å²) in [6, 6.07) is 12.0. The molecule has 0 saturated carbocycles. The molecule has 3 heterocycles. The van der Waals surface area contributed by atoms with Crippen LogP contribution in [0.15, 0.2) is 58.8 Å². The minimum absolute atomic E-state index is 0.0251. The number of pyridine rings is 1. The number of carbonyl (C=O) groups excluding carboxylic acids is 2. The Hall–Kier alpha value is -3.19. The van der Waals surface area contributed by atoms with Gasteiger partial charge in [-0.1, -0.05) is 12.1 Å². The lowest BCUT2D eigenvalue weighted by Crippen LogP contribution is -2.28. The third-order valence-corrected chi connectivity index (χ3v) is 5.12. The van der Waals surface area contributed by atoms with Crippen molar-refractivity contribution in [2.45, 2.75) is 6.42 Å². The number of aromatic amines is 1. The number of hydrogen-bond acceptors (Lipinski definition) is 4. The number of amides is 2. The van der Waals surface area contributed by atoms with Gasteiger partial charge < -0.3 is 15.2 Å². The Bertz CT molecular complexity index is 1020. The Morgan fingerprint density at radius 1 is 1.15 bits per heavy atom. The normalized spacial score (nSPS) is 12.7. The molecular weight excluding hydrogens is 350 g/mol. The van der Waals surface area contributed by atoms with Gasteiger partial charge in [0.05, 0.1) is 10.4 Å². The zero-order valence-corrected chi connectivity index (χ0v) is 14.5. The molecule has 26 heavy (non-hydrogen) atoms. The summed E-state index contributed by atoms with van der Waals surface area (Å²) >= 11 is 1.42. The molecule has 2 aromatic heterocycles. The van der Waals surface area contributed by atoms with Gasteiger partial charge >= 0.3 is 0 Å². The number of carbonyl (C=O) groups is 2. The van der Waals surface area contributed by atoms with Crippen LogP contribution in [0.3, 0.4) is 0 Å². The Morgan fingerprint density at radius 2 is 2.04 bits per heavy atom. The molecular formula is C19H15N3O3S. The van der Waals surface area contributed by atoms with Crippen LogP contribution in [0.1, 0.15) is 25.6 Å². The maximum absolute atomic E-state index is 12.7. The molecule has 6 nitrogen and oxygen atoms in total. The molecule has 2 amide bonds. The molecule has 0 aliphatic carbocycles. The fourth-order valence-corrected chi connectivity index (χ4v) is 3.63. The minimum atomic E-state index is -0.324. The zero-order chi connectivity index (χ0) is 18.1. The summed E-state index contributed by atoms with van der Waals surface area (Å²) in [5, 5.41) is 4.69. The number of rotatable bonds is 3. The maximum Gasteiger partial charge on any atom is 0.268 e. The number of nitrogens with zero attached hydrogens (tertiary/aromatic N) is 1. The summed E-state index contributed by atoms with van der Waals surface area (Å²) in [5.41, 5.74) is 2.60. The van der Waals surface area contributed by atoms with Crippen molar-refractivity contribution < 1.29 is 9.59 Å². The topological polar surface area (TPSA) is 82.3 Å². The molecule has 0 saturated heterocycles. The largest absolute Gasteiger partial charge is 0.328 e. The van der Waals surface area contributed by atoms with E-state index >= 15 is 0 Å². The number of aromatic nitrogens is 1. The number of fused-ring (bicyclic) bond motifs is 1. The van der Waals surface area contributed by atoms with Crippen LogP contribution in [0.5, 0.6) is 0 Å². The number of benzene rings is 1. The van der Waals surface area contributed by atoms with E-state index < -0.39 is 0 Å².